The molecule has 3 heterocycles. The summed E-state index contributed by atoms with van der Waals surface area (Å²) in [6, 6.07) is 9.73. The molecular formula is C28H36N6O2. The second-order valence-corrected chi connectivity index (χ2v) is 10.6. The summed E-state index contributed by atoms with van der Waals surface area (Å²) in [6.45, 7) is 9.96. The molecule has 1 aromatic heterocycles. The van der Waals surface area contributed by atoms with Crippen LogP contribution in [0.3, 0.4) is 0 Å². The van der Waals surface area contributed by atoms with Crippen LogP contribution < -0.4 is 26.6 Å². The molecule has 5 rings (SSSR count). The first-order valence-electron chi connectivity index (χ1n) is 13.0. The number of rotatable bonds is 7. The Kier molecular flexibility index (Phi) is 7.07. The standard InChI is InChI=1S/C28H36N6O2/c1-18(2)17-36-25-7-5-4-6-21(25)24-15-23(31-27(35)32-24)20-8-11-28(3)22(14-20)26(33-34-28)30-16-19-9-12-29-13-10-19/h4-8,14-15,18-19,29,34H,9-13,16-17H2,1-3H3,(H,30,33)(H,31,32,35). The van der Waals surface area contributed by atoms with E-state index in [1.807, 2.05) is 30.3 Å². The van der Waals surface area contributed by atoms with Crippen LogP contribution in [-0.2, 0) is 0 Å². The van der Waals surface area contributed by atoms with Gasteiger partial charge < -0.3 is 20.5 Å². The fraction of sp³-hybridized carbons (Fsp3) is 0.464. The van der Waals surface area contributed by atoms with E-state index in [-0.39, 0.29) is 11.2 Å². The number of hydrazine groups is 1. The Bertz CT molecular complexity index is 1250. The van der Waals surface area contributed by atoms with E-state index < -0.39 is 0 Å². The monoisotopic (exact) mass is 488 g/mol. The fourth-order valence-electron chi connectivity index (χ4n) is 4.92. The van der Waals surface area contributed by atoms with Crippen LogP contribution in [0.1, 0.15) is 45.7 Å². The summed E-state index contributed by atoms with van der Waals surface area (Å²) >= 11 is 0. The number of amidine groups is 1. The molecule has 190 valence electrons. The lowest BCUT2D eigenvalue weighted by Gasteiger charge is -2.27. The van der Waals surface area contributed by atoms with Crippen LogP contribution in [0.5, 0.6) is 5.75 Å². The Morgan fingerprint density at radius 1 is 1.22 bits per heavy atom. The number of nitrogens with one attached hydrogen (secondary N) is 4. The number of aromatic amines is 1. The van der Waals surface area contributed by atoms with Crippen LogP contribution in [0.25, 0.3) is 16.8 Å². The van der Waals surface area contributed by atoms with Crippen LogP contribution in [0, 0.1) is 11.8 Å². The summed E-state index contributed by atoms with van der Waals surface area (Å²) in [4.78, 5) is 24.8. The van der Waals surface area contributed by atoms with E-state index in [1.54, 1.807) is 0 Å². The van der Waals surface area contributed by atoms with E-state index in [2.05, 4.69) is 59.1 Å². The van der Waals surface area contributed by atoms with Crippen molar-refractivity contribution in [2.24, 2.45) is 16.8 Å². The van der Waals surface area contributed by atoms with Gasteiger partial charge in [-0.3, -0.25) is 4.99 Å². The Balaban J connectivity index is 1.44. The van der Waals surface area contributed by atoms with Gasteiger partial charge in [-0.05, 0) is 81.0 Å². The molecule has 0 spiro atoms. The van der Waals surface area contributed by atoms with Crippen LogP contribution >= 0.6 is 0 Å². The number of benzene rings is 1. The van der Waals surface area contributed by atoms with Gasteiger partial charge in [0.15, 0.2) is 0 Å². The van der Waals surface area contributed by atoms with Crippen molar-refractivity contribution in [2.45, 2.75) is 45.6 Å². The third-order valence-corrected chi connectivity index (χ3v) is 7.09. The maximum absolute atomic E-state index is 12.6. The van der Waals surface area contributed by atoms with Gasteiger partial charge in [-0.15, -0.1) is 0 Å². The summed E-state index contributed by atoms with van der Waals surface area (Å²) < 4.78 is 6.03. The summed E-state index contributed by atoms with van der Waals surface area (Å²) in [5.41, 5.74) is 10.3. The van der Waals surface area contributed by atoms with E-state index >= 15 is 0 Å². The van der Waals surface area contributed by atoms with E-state index in [0.717, 1.165) is 67.2 Å². The van der Waals surface area contributed by atoms with Crippen molar-refractivity contribution >= 4 is 11.4 Å². The van der Waals surface area contributed by atoms with Crippen molar-refractivity contribution in [1.29, 1.82) is 0 Å². The maximum atomic E-state index is 12.6. The van der Waals surface area contributed by atoms with Crippen molar-refractivity contribution in [2.75, 3.05) is 26.2 Å². The molecule has 1 unspecified atom stereocenters. The number of hydrogen-bond donors (Lipinski definition) is 4. The minimum absolute atomic E-state index is 0.238. The Morgan fingerprint density at radius 2 is 2.03 bits per heavy atom. The number of H-pyrrole nitrogens is 1. The van der Waals surface area contributed by atoms with Gasteiger partial charge in [-0.25, -0.2) is 10.2 Å². The number of allylic oxidation sites excluding steroid dienone is 2. The molecule has 2 fully saturated rings. The molecule has 2 aliphatic heterocycles. The van der Waals surface area contributed by atoms with Crippen molar-refractivity contribution < 1.29 is 4.74 Å². The molecule has 3 aliphatic rings. The molecule has 8 nitrogen and oxygen atoms in total. The number of aliphatic imine (C=N–C) groups is 1. The quantitative estimate of drug-likeness (QED) is 0.476. The molecule has 4 N–H and O–H groups in total. The summed E-state index contributed by atoms with van der Waals surface area (Å²) in [6.07, 6.45) is 7.34. The molecule has 8 heteroatoms. The summed E-state index contributed by atoms with van der Waals surface area (Å²) in [7, 11) is 0. The molecule has 0 radical (unpaired) electrons. The lowest BCUT2D eigenvalue weighted by Crippen LogP contribution is -2.42. The zero-order valence-corrected chi connectivity index (χ0v) is 21.4. The van der Waals surface area contributed by atoms with Gasteiger partial charge in [-0.2, -0.15) is 4.98 Å². The molecule has 36 heavy (non-hydrogen) atoms. The lowest BCUT2D eigenvalue weighted by molar-refractivity contribution is 0.272. The number of piperidine rings is 1. The van der Waals surface area contributed by atoms with E-state index in [9.17, 15) is 4.79 Å². The minimum atomic E-state index is -0.378. The van der Waals surface area contributed by atoms with Crippen LogP contribution in [0.4, 0.5) is 0 Å². The average Bonchev–Trinajstić information content (AvgIpc) is 3.22. The Morgan fingerprint density at radius 3 is 2.83 bits per heavy atom. The number of ether oxygens (including phenoxy) is 1. The average molecular weight is 489 g/mol. The molecule has 1 atom stereocenters. The van der Waals surface area contributed by atoms with Crippen LogP contribution in [0.2, 0.25) is 0 Å². The van der Waals surface area contributed by atoms with Gasteiger partial charge in [0.1, 0.15) is 11.6 Å². The summed E-state index contributed by atoms with van der Waals surface area (Å²) in [5.74, 6) is 2.65. The van der Waals surface area contributed by atoms with E-state index in [4.69, 9.17) is 9.73 Å². The molecule has 0 saturated carbocycles. The highest BCUT2D eigenvalue weighted by molar-refractivity contribution is 6.05. The first-order chi connectivity index (χ1) is 17.4. The summed E-state index contributed by atoms with van der Waals surface area (Å²) in [5, 5.41) is 3.42. The number of hydrogen-bond acceptors (Lipinski definition) is 6. The first kappa shape index (κ1) is 24.5. The van der Waals surface area contributed by atoms with Gasteiger partial charge >= 0.3 is 5.69 Å². The molecule has 0 bridgehead atoms. The van der Waals surface area contributed by atoms with E-state index in [0.29, 0.717) is 29.8 Å². The highest BCUT2D eigenvalue weighted by Gasteiger charge is 2.39. The molecule has 0 amide bonds. The van der Waals surface area contributed by atoms with Gasteiger partial charge in [0.2, 0.25) is 0 Å². The van der Waals surface area contributed by atoms with Crippen molar-refractivity contribution in [3.63, 3.8) is 0 Å². The zero-order valence-electron chi connectivity index (χ0n) is 21.4. The maximum Gasteiger partial charge on any atom is 0.345 e. The molecule has 2 aromatic rings. The first-order valence-corrected chi connectivity index (χ1v) is 13.0. The SMILES string of the molecule is CC(C)COc1ccccc1-c1cc(C2=CCC3(C)NNC(=NCC4CCNCC4)C3=C2)nc(=O)[nH]1. The molecular weight excluding hydrogens is 452 g/mol. The predicted octanol–water partition coefficient (Wildman–Crippen LogP) is 3.45. The molecule has 2 saturated heterocycles. The number of para-hydroxylation sites is 1. The van der Waals surface area contributed by atoms with Gasteiger partial charge in [0, 0.05) is 17.7 Å². The highest BCUT2D eigenvalue weighted by Crippen LogP contribution is 2.36. The van der Waals surface area contributed by atoms with Crippen LogP contribution in [-0.4, -0.2) is 47.6 Å². The van der Waals surface area contributed by atoms with Gasteiger partial charge in [0.25, 0.3) is 0 Å². The van der Waals surface area contributed by atoms with Crippen molar-refractivity contribution in [1.82, 2.24) is 26.1 Å². The highest BCUT2D eigenvalue weighted by atomic mass is 16.5. The lowest BCUT2D eigenvalue weighted by atomic mass is 9.83. The third kappa shape index (κ3) is 5.29. The predicted molar refractivity (Wildman–Crippen MR) is 144 cm³/mol. The van der Waals surface area contributed by atoms with Crippen molar-refractivity contribution in [3.05, 3.63) is 64.2 Å². The smallest absolute Gasteiger partial charge is 0.345 e. The normalized spacial score (nSPS) is 23.3. The molecule has 1 aromatic carbocycles. The second kappa shape index (κ2) is 10.4. The zero-order chi connectivity index (χ0) is 25.1. The Hall–Kier alpha value is -3.23. The van der Waals surface area contributed by atoms with Crippen LogP contribution in [0.15, 0.2) is 57.8 Å². The number of fused-ring (bicyclic) bond motifs is 1. The Labute approximate surface area is 212 Å². The third-order valence-electron chi connectivity index (χ3n) is 7.09. The van der Waals surface area contributed by atoms with Gasteiger partial charge in [0.05, 0.1) is 23.5 Å². The largest absolute Gasteiger partial charge is 0.493 e. The molecule has 1 aliphatic carbocycles. The second-order valence-electron chi connectivity index (χ2n) is 10.6. The van der Waals surface area contributed by atoms with E-state index in [1.165, 1.54) is 0 Å². The van der Waals surface area contributed by atoms with Gasteiger partial charge in [-0.1, -0.05) is 32.1 Å². The number of nitrogens with zero attached hydrogens (tertiary/aromatic N) is 2. The minimum Gasteiger partial charge on any atom is -0.493 e. The van der Waals surface area contributed by atoms with Crippen molar-refractivity contribution in [3.8, 4) is 17.0 Å². The fourth-order valence-corrected chi connectivity index (χ4v) is 4.92. The number of aromatic nitrogens is 2. The topological polar surface area (TPSA) is 103 Å².